The molecule has 22 heavy (non-hydrogen) atoms. The first-order valence-electron chi connectivity index (χ1n) is 7.91. The van der Waals surface area contributed by atoms with Crippen LogP contribution in [0.5, 0.6) is 0 Å². The number of aliphatic hydroxyl groups excluding tert-OH is 1. The molecular weight excluding hydrogens is 282 g/mol. The number of amides is 1. The van der Waals surface area contributed by atoms with E-state index in [1.54, 1.807) is 12.0 Å². The SMILES string of the molecule is COC1OC(=O)N(c2ccc(C3CCC(O)CC3)cc2)[C@@H]1C. The van der Waals surface area contributed by atoms with E-state index < -0.39 is 6.29 Å². The van der Waals surface area contributed by atoms with Gasteiger partial charge in [0.2, 0.25) is 6.29 Å². The minimum atomic E-state index is -0.521. The Kier molecular flexibility index (Phi) is 4.36. The maximum absolute atomic E-state index is 12.0. The van der Waals surface area contributed by atoms with Crippen LogP contribution in [0, 0.1) is 0 Å². The average molecular weight is 305 g/mol. The molecule has 2 fully saturated rings. The maximum atomic E-state index is 12.0. The second kappa shape index (κ2) is 6.26. The van der Waals surface area contributed by atoms with E-state index in [0.29, 0.717) is 5.92 Å². The van der Waals surface area contributed by atoms with Gasteiger partial charge >= 0.3 is 6.09 Å². The molecule has 1 aliphatic carbocycles. The molecular formula is C17H23NO4. The molecule has 2 atom stereocenters. The fourth-order valence-corrected chi connectivity index (χ4v) is 3.44. The van der Waals surface area contributed by atoms with Gasteiger partial charge in [0, 0.05) is 12.8 Å². The number of ether oxygens (including phenoxy) is 2. The topological polar surface area (TPSA) is 59.0 Å². The Bertz CT molecular complexity index is 522. The summed E-state index contributed by atoms with van der Waals surface area (Å²) in [6.07, 6.45) is 2.76. The van der Waals surface area contributed by atoms with Crippen molar-refractivity contribution in [2.45, 2.75) is 57.0 Å². The third kappa shape index (κ3) is 2.83. The van der Waals surface area contributed by atoms with Crippen LogP contribution < -0.4 is 4.90 Å². The number of benzene rings is 1. The number of hydrogen-bond donors (Lipinski definition) is 1. The summed E-state index contributed by atoms with van der Waals surface area (Å²) in [5, 5.41) is 9.60. The van der Waals surface area contributed by atoms with E-state index in [4.69, 9.17) is 9.47 Å². The summed E-state index contributed by atoms with van der Waals surface area (Å²) in [5.41, 5.74) is 2.11. The van der Waals surface area contributed by atoms with E-state index in [-0.39, 0.29) is 18.2 Å². The number of nitrogens with zero attached hydrogens (tertiary/aromatic N) is 1. The number of anilines is 1. The Morgan fingerprint density at radius 2 is 1.82 bits per heavy atom. The van der Waals surface area contributed by atoms with Gasteiger partial charge in [-0.15, -0.1) is 0 Å². The van der Waals surface area contributed by atoms with Crippen molar-refractivity contribution in [3.05, 3.63) is 29.8 Å². The monoisotopic (exact) mass is 305 g/mol. The van der Waals surface area contributed by atoms with E-state index in [1.807, 2.05) is 19.1 Å². The summed E-state index contributed by atoms with van der Waals surface area (Å²) in [5.74, 6) is 0.507. The molecule has 0 radical (unpaired) electrons. The molecule has 1 saturated carbocycles. The van der Waals surface area contributed by atoms with Crippen molar-refractivity contribution in [1.82, 2.24) is 0 Å². The zero-order valence-electron chi connectivity index (χ0n) is 13.1. The second-order valence-electron chi connectivity index (χ2n) is 6.20. The first-order valence-corrected chi connectivity index (χ1v) is 7.91. The molecule has 3 rings (SSSR count). The lowest BCUT2D eigenvalue weighted by atomic mass is 9.83. The van der Waals surface area contributed by atoms with Gasteiger partial charge in [-0.3, -0.25) is 4.90 Å². The van der Waals surface area contributed by atoms with Crippen molar-refractivity contribution < 1.29 is 19.4 Å². The largest absolute Gasteiger partial charge is 0.417 e. The van der Waals surface area contributed by atoms with Crippen molar-refractivity contribution in [2.24, 2.45) is 0 Å². The van der Waals surface area contributed by atoms with Crippen LogP contribution in [0.4, 0.5) is 10.5 Å². The smallest absolute Gasteiger partial charge is 0.417 e. The van der Waals surface area contributed by atoms with E-state index >= 15 is 0 Å². The van der Waals surface area contributed by atoms with Crippen molar-refractivity contribution >= 4 is 11.8 Å². The third-order valence-electron chi connectivity index (χ3n) is 4.79. The molecule has 5 heteroatoms. The summed E-state index contributed by atoms with van der Waals surface area (Å²) in [7, 11) is 1.54. The predicted octanol–water partition coefficient (Wildman–Crippen LogP) is 3.02. The fraction of sp³-hybridized carbons (Fsp3) is 0.588. The molecule has 0 spiro atoms. The van der Waals surface area contributed by atoms with Gasteiger partial charge in [-0.1, -0.05) is 12.1 Å². The fourth-order valence-electron chi connectivity index (χ4n) is 3.44. The Morgan fingerprint density at radius 3 is 2.36 bits per heavy atom. The number of methoxy groups -OCH3 is 1. The number of carbonyl (C=O) groups is 1. The maximum Gasteiger partial charge on any atom is 0.417 e. The summed E-state index contributed by atoms with van der Waals surface area (Å²) in [6.45, 7) is 1.91. The standard InChI is InChI=1S/C17H23NO4/c1-11-16(21-2)22-17(20)18(11)14-7-3-12(4-8-14)13-5-9-15(19)10-6-13/h3-4,7-8,11,13,15-16,19H,5-6,9-10H2,1-2H3/t11-,13?,15?,16?/m1/s1. The minimum absolute atomic E-state index is 0.137. The Morgan fingerprint density at radius 1 is 1.18 bits per heavy atom. The highest BCUT2D eigenvalue weighted by Gasteiger charge is 2.39. The zero-order chi connectivity index (χ0) is 15.7. The molecule has 1 N–H and O–H groups in total. The van der Waals surface area contributed by atoms with Gasteiger partial charge in [-0.2, -0.15) is 0 Å². The van der Waals surface area contributed by atoms with Crippen molar-refractivity contribution in [3.63, 3.8) is 0 Å². The lowest BCUT2D eigenvalue weighted by molar-refractivity contribution is -0.0640. The van der Waals surface area contributed by atoms with Crippen LogP contribution in [0.25, 0.3) is 0 Å². The molecule has 1 amide bonds. The average Bonchev–Trinajstić information content (AvgIpc) is 2.82. The van der Waals surface area contributed by atoms with Crippen molar-refractivity contribution in [2.75, 3.05) is 12.0 Å². The van der Waals surface area contributed by atoms with Crippen LogP contribution >= 0.6 is 0 Å². The van der Waals surface area contributed by atoms with Gasteiger partial charge in [0.05, 0.1) is 6.10 Å². The van der Waals surface area contributed by atoms with E-state index in [1.165, 1.54) is 5.56 Å². The van der Waals surface area contributed by atoms with Crippen LogP contribution in [0.3, 0.4) is 0 Å². The van der Waals surface area contributed by atoms with Gasteiger partial charge in [0.25, 0.3) is 0 Å². The van der Waals surface area contributed by atoms with Gasteiger partial charge in [0.15, 0.2) is 0 Å². The number of rotatable bonds is 3. The molecule has 1 saturated heterocycles. The number of carbonyl (C=O) groups excluding carboxylic acids is 1. The van der Waals surface area contributed by atoms with Crippen LogP contribution in [-0.2, 0) is 9.47 Å². The first-order chi connectivity index (χ1) is 10.6. The second-order valence-corrected chi connectivity index (χ2v) is 6.20. The highest BCUT2D eigenvalue weighted by atomic mass is 16.7. The quantitative estimate of drug-likeness (QED) is 0.932. The molecule has 1 heterocycles. The van der Waals surface area contributed by atoms with Crippen LogP contribution in [0.2, 0.25) is 0 Å². The van der Waals surface area contributed by atoms with Crippen molar-refractivity contribution in [1.29, 1.82) is 0 Å². The molecule has 5 nitrogen and oxygen atoms in total. The van der Waals surface area contributed by atoms with E-state index in [0.717, 1.165) is 31.4 Å². The highest BCUT2D eigenvalue weighted by molar-refractivity contribution is 5.90. The lowest BCUT2D eigenvalue weighted by Gasteiger charge is -2.26. The molecule has 1 aliphatic heterocycles. The van der Waals surface area contributed by atoms with Gasteiger partial charge in [0.1, 0.15) is 6.04 Å². The summed E-state index contributed by atoms with van der Waals surface area (Å²) < 4.78 is 10.4. The minimum Gasteiger partial charge on any atom is -0.417 e. The summed E-state index contributed by atoms with van der Waals surface area (Å²) >= 11 is 0. The zero-order valence-corrected chi connectivity index (χ0v) is 13.1. The Balaban J connectivity index is 1.73. The van der Waals surface area contributed by atoms with Gasteiger partial charge in [-0.05, 0) is 56.2 Å². The Labute approximate surface area is 130 Å². The van der Waals surface area contributed by atoms with E-state index in [9.17, 15) is 9.90 Å². The van der Waals surface area contributed by atoms with Gasteiger partial charge in [-0.25, -0.2) is 4.79 Å². The molecule has 1 aromatic carbocycles. The van der Waals surface area contributed by atoms with Crippen LogP contribution in [0.1, 0.15) is 44.1 Å². The lowest BCUT2D eigenvalue weighted by Crippen LogP contribution is -2.34. The van der Waals surface area contributed by atoms with Crippen LogP contribution in [-0.4, -0.2) is 36.7 Å². The summed E-state index contributed by atoms with van der Waals surface area (Å²) in [6, 6.07) is 7.95. The first kappa shape index (κ1) is 15.3. The van der Waals surface area contributed by atoms with Crippen LogP contribution in [0.15, 0.2) is 24.3 Å². The molecule has 1 aromatic rings. The van der Waals surface area contributed by atoms with E-state index in [2.05, 4.69) is 12.1 Å². The van der Waals surface area contributed by atoms with Gasteiger partial charge < -0.3 is 14.6 Å². The summed E-state index contributed by atoms with van der Waals surface area (Å²) in [4.78, 5) is 13.6. The number of cyclic esters (lactones) is 1. The third-order valence-corrected chi connectivity index (χ3v) is 4.79. The molecule has 0 bridgehead atoms. The Hall–Kier alpha value is -1.59. The number of aliphatic hydroxyl groups is 1. The number of hydrogen-bond acceptors (Lipinski definition) is 4. The predicted molar refractivity (Wildman–Crippen MR) is 82.9 cm³/mol. The highest BCUT2D eigenvalue weighted by Crippen LogP contribution is 2.34. The molecule has 120 valence electrons. The molecule has 2 aliphatic rings. The molecule has 1 unspecified atom stereocenters. The van der Waals surface area contributed by atoms with Crippen molar-refractivity contribution in [3.8, 4) is 0 Å². The molecule has 0 aromatic heterocycles. The normalized spacial score (nSPS) is 32.1.